The zero-order valence-electron chi connectivity index (χ0n) is 7.49. The van der Waals surface area contributed by atoms with Crippen molar-refractivity contribution < 1.29 is 13.2 Å². The van der Waals surface area contributed by atoms with Crippen molar-refractivity contribution >= 4 is 26.0 Å². The van der Waals surface area contributed by atoms with Crippen LogP contribution in [0, 0.1) is 0 Å². The van der Waals surface area contributed by atoms with E-state index in [4.69, 9.17) is 4.74 Å². The molecular formula is C7H14BrNO3S. The minimum Gasteiger partial charge on any atom is -0.378 e. The van der Waals surface area contributed by atoms with Gasteiger partial charge in [0.1, 0.15) is 4.66 Å². The van der Waals surface area contributed by atoms with Crippen molar-refractivity contribution in [3.8, 4) is 0 Å². The molecule has 0 saturated heterocycles. The molecule has 0 aromatic carbocycles. The predicted molar refractivity (Wildman–Crippen MR) is 54.3 cm³/mol. The SMILES string of the molecule is CCOC1CC(NS(=O)(=O)CBr)C1. The highest BCUT2D eigenvalue weighted by atomic mass is 79.9. The van der Waals surface area contributed by atoms with Crippen molar-refractivity contribution in [3.05, 3.63) is 0 Å². The van der Waals surface area contributed by atoms with Crippen LogP contribution in [0.5, 0.6) is 0 Å². The summed E-state index contributed by atoms with van der Waals surface area (Å²) in [6.45, 7) is 2.64. The van der Waals surface area contributed by atoms with E-state index in [-0.39, 0.29) is 16.8 Å². The van der Waals surface area contributed by atoms with Crippen molar-refractivity contribution in [2.45, 2.75) is 31.9 Å². The van der Waals surface area contributed by atoms with Gasteiger partial charge in [0.25, 0.3) is 0 Å². The summed E-state index contributed by atoms with van der Waals surface area (Å²) in [5.74, 6) is 0. The fourth-order valence-corrected chi connectivity index (χ4v) is 2.48. The molecule has 0 aromatic rings. The second-order valence-electron chi connectivity index (χ2n) is 3.09. The average molecular weight is 272 g/mol. The first-order valence-electron chi connectivity index (χ1n) is 4.25. The zero-order chi connectivity index (χ0) is 9.90. The summed E-state index contributed by atoms with van der Waals surface area (Å²) < 4.78 is 30.0. The van der Waals surface area contributed by atoms with E-state index in [1.165, 1.54) is 0 Å². The number of alkyl halides is 1. The van der Waals surface area contributed by atoms with Gasteiger partial charge in [0, 0.05) is 12.6 Å². The first-order chi connectivity index (χ1) is 6.07. The normalized spacial score (nSPS) is 28.5. The fraction of sp³-hybridized carbons (Fsp3) is 1.00. The number of ether oxygens (including phenoxy) is 1. The topological polar surface area (TPSA) is 55.4 Å². The van der Waals surface area contributed by atoms with E-state index in [0.717, 1.165) is 12.8 Å². The Bertz CT molecular complexity index is 248. The van der Waals surface area contributed by atoms with Crippen LogP contribution in [0.4, 0.5) is 0 Å². The lowest BCUT2D eigenvalue weighted by molar-refractivity contribution is -0.00472. The Morgan fingerprint density at radius 2 is 2.15 bits per heavy atom. The average Bonchev–Trinajstić information content (AvgIpc) is 2.01. The second kappa shape index (κ2) is 4.72. The molecule has 0 bridgehead atoms. The van der Waals surface area contributed by atoms with Crippen LogP contribution in [0.3, 0.4) is 0 Å². The minimum atomic E-state index is -3.11. The van der Waals surface area contributed by atoms with Crippen LogP contribution in [-0.4, -0.2) is 31.8 Å². The van der Waals surface area contributed by atoms with Gasteiger partial charge in [-0.3, -0.25) is 0 Å². The van der Waals surface area contributed by atoms with E-state index in [1.807, 2.05) is 6.92 Å². The van der Waals surface area contributed by atoms with Gasteiger partial charge in [-0.15, -0.1) is 0 Å². The van der Waals surface area contributed by atoms with E-state index in [2.05, 4.69) is 20.7 Å². The maximum absolute atomic E-state index is 11.1. The molecule has 1 saturated carbocycles. The Hall–Kier alpha value is 0.350. The lowest BCUT2D eigenvalue weighted by Gasteiger charge is -2.34. The third kappa shape index (κ3) is 3.53. The molecule has 1 aliphatic carbocycles. The molecular weight excluding hydrogens is 258 g/mol. The molecule has 1 aliphatic rings. The number of sulfonamides is 1. The Morgan fingerprint density at radius 3 is 2.62 bits per heavy atom. The van der Waals surface area contributed by atoms with E-state index >= 15 is 0 Å². The van der Waals surface area contributed by atoms with Gasteiger partial charge < -0.3 is 4.74 Å². The summed E-state index contributed by atoms with van der Waals surface area (Å²) >= 11 is 2.92. The van der Waals surface area contributed by atoms with E-state index in [1.54, 1.807) is 0 Å². The predicted octanol–water partition coefficient (Wildman–Crippen LogP) is 0.826. The number of hydrogen-bond acceptors (Lipinski definition) is 3. The molecule has 1 fully saturated rings. The standard InChI is InChI=1S/C7H14BrNO3S/c1-2-12-7-3-6(4-7)9-13(10,11)5-8/h6-7,9H,2-5H2,1H3. The zero-order valence-corrected chi connectivity index (χ0v) is 9.90. The monoisotopic (exact) mass is 271 g/mol. The van der Waals surface area contributed by atoms with Gasteiger partial charge in [0.15, 0.2) is 0 Å². The molecule has 0 aliphatic heterocycles. The van der Waals surface area contributed by atoms with Gasteiger partial charge in [-0.25, -0.2) is 13.1 Å². The van der Waals surface area contributed by atoms with E-state index in [9.17, 15) is 8.42 Å². The van der Waals surface area contributed by atoms with Gasteiger partial charge in [-0.05, 0) is 19.8 Å². The highest BCUT2D eigenvalue weighted by Crippen LogP contribution is 2.23. The molecule has 6 heteroatoms. The van der Waals surface area contributed by atoms with E-state index < -0.39 is 10.0 Å². The minimum absolute atomic E-state index is 0.0319. The molecule has 4 nitrogen and oxygen atoms in total. The summed E-state index contributed by atoms with van der Waals surface area (Å²) in [5, 5.41) is 0. The van der Waals surface area contributed by atoms with Crippen molar-refractivity contribution in [1.82, 2.24) is 4.72 Å². The largest absolute Gasteiger partial charge is 0.378 e. The summed E-state index contributed by atoms with van der Waals surface area (Å²) in [5.41, 5.74) is 0. The lowest BCUT2D eigenvalue weighted by Crippen LogP contribution is -2.47. The highest BCUT2D eigenvalue weighted by Gasteiger charge is 2.32. The van der Waals surface area contributed by atoms with Gasteiger partial charge >= 0.3 is 0 Å². The maximum Gasteiger partial charge on any atom is 0.221 e. The van der Waals surface area contributed by atoms with Gasteiger partial charge in [0.2, 0.25) is 10.0 Å². The molecule has 78 valence electrons. The molecule has 0 spiro atoms. The Morgan fingerprint density at radius 1 is 1.54 bits per heavy atom. The summed E-state index contributed by atoms with van der Waals surface area (Å²) in [7, 11) is -3.11. The Balaban J connectivity index is 2.22. The Kier molecular flexibility index (Phi) is 4.15. The first kappa shape index (κ1) is 11.4. The lowest BCUT2D eigenvalue weighted by atomic mass is 9.90. The smallest absolute Gasteiger partial charge is 0.221 e. The first-order valence-corrected chi connectivity index (χ1v) is 7.02. The number of rotatable bonds is 5. The van der Waals surface area contributed by atoms with Crippen LogP contribution in [-0.2, 0) is 14.8 Å². The van der Waals surface area contributed by atoms with Gasteiger partial charge in [-0.2, -0.15) is 0 Å². The van der Waals surface area contributed by atoms with Gasteiger partial charge in [0.05, 0.1) is 6.10 Å². The molecule has 1 rings (SSSR count). The number of nitrogens with one attached hydrogen (secondary N) is 1. The quantitative estimate of drug-likeness (QED) is 0.754. The van der Waals surface area contributed by atoms with Crippen LogP contribution in [0.15, 0.2) is 0 Å². The molecule has 0 atom stereocenters. The van der Waals surface area contributed by atoms with Crippen LogP contribution in [0.25, 0.3) is 0 Å². The van der Waals surface area contributed by atoms with Crippen LogP contribution < -0.4 is 4.72 Å². The van der Waals surface area contributed by atoms with Crippen LogP contribution in [0.1, 0.15) is 19.8 Å². The number of halogens is 1. The van der Waals surface area contributed by atoms with Gasteiger partial charge in [-0.1, -0.05) is 15.9 Å². The van der Waals surface area contributed by atoms with E-state index in [0.29, 0.717) is 6.61 Å². The molecule has 1 N–H and O–H groups in total. The van der Waals surface area contributed by atoms with Crippen molar-refractivity contribution in [1.29, 1.82) is 0 Å². The Labute approximate surface area is 87.2 Å². The van der Waals surface area contributed by atoms with Crippen molar-refractivity contribution in [3.63, 3.8) is 0 Å². The molecule has 0 radical (unpaired) electrons. The second-order valence-corrected chi connectivity index (χ2v) is 6.14. The molecule has 13 heavy (non-hydrogen) atoms. The molecule has 0 unspecified atom stereocenters. The van der Waals surface area contributed by atoms with Crippen molar-refractivity contribution in [2.75, 3.05) is 11.3 Å². The molecule has 0 amide bonds. The van der Waals surface area contributed by atoms with Crippen LogP contribution >= 0.6 is 15.9 Å². The number of hydrogen-bond donors (Lipinski definition) is 1. The molecule has 0 heterocycles. The van der Waals surface area contributed by atoms with Crippen molar-refractivity contribution in [2.24, 2.45) is 0 Å². The summed E-state index contributed by atoms with van der Waals surface area (Å²) in [4.78, 5) is 0. The fourth-order valence-electron chi connectivity index (χ4n) is 1.32. The highest BCUT2D eigenvalue weighted by molar-refractivity contribution is 9.10. The summed E-state index contributed by atoms with van der Waals surface area (Å²) in [6.07, 6.45) is 1.83. The van der Waals surface area contributed by atoms with Crippen LogP contribution in [0.2, 0.25) is 0 Å². The third-order valence-corrected chi connectivity index (χ3v) is 4.78. The maximum atomic E-state index is 11.1. The third-order valence-electron chi connectivity index (χ3n) is 1.99. The molecule has 0 aromatic heterocycles. The summed E-state index contributed by atoms with van der Waals surface area (Å²) in [6, 6.07) is 0.0686.